The van der Waals surface area contributed by atoms with Crippen LogP contribution in [0.4, 0.5) is 0 Å². The van der Waals surface area contributed by atoms with E-state index < -0.39 is 0 Å². The van der Waals surface area contributed by atoms with E-state index in [1.807, 2.05) is 0 Å². The Hall–Kier alpha value is -0.650. The molecule has 0 spiro atoms. The van der Waals surface area contributed by atoms with Crippen LogP contribution in [0.3, 0.4) is 0 Å². The fraction of sp³-hybridized carbons (Fsp3) is 0.900. The molecular formula is C10H21NO4. The lowest BCUT2D eigenvalue weighted by Gasteiger charge is -2.07. The molecule has 0 bridgehead atoms. The molecule has 0 unspecified atom stereocenters. The van der Waals surface area contributed by atoms with Crippen molar-refractivity contribution in [3.8, 4) is 0 Å². The van der Waals surface area contributed by atoms with Crippen molar-refractivity contribution in [2.24, 2.45) is 11.7 Å². The highest BCUT2D eigenvalue weighted by Crippen LogP contribution is 1.92. The summed E-state index contributed by atoms with van der Waals surface area (Å²) in [5.41, 5.74) is 5.19. The number of rotatable bonds is 9. The predicted molar refractivity (Wildman–Crippen MR) is 56.5 cm³/mol. The lowest BCUT2D eigenvalue weighted by molar-refractivity contribution is -0.150. The van der Waals surface area contributed by atoms with Crippen LogP contribution >= 0.6 is 0 Å². The lowest BCUT2D eigenvalue weighted by Crippen LogP contribution is -2.19. The van der Waals surface area contributed by atoms with Crippen LogP contribution in [-0.4, -0.2) is 45.5 Å². The third-order valence-electron chi connectivity index (χ3n) is 1.42. The Bertz CT molecular complexity index is 162. The molecule has 5 heteroatoms. The van der Waals surface area contributed by atoms with E-state index in [1.165, 1.54) is 0 Å². The molecule has 0 fully saturated rings. The predicted octanol–water partition coefficient (Wildman–Crippen LogP) is 0.178. The second kappa shape index (κ2) is 9.89. The highest BCUT2D eigenvalue weighted by Gasteiger charge is 2.02. The van der Waals surface area contributed by atoms with Gasteiger partial charge in [-0.25, -0.2) is 4.79 Å². The van der Waals surface area contributed by atoms with Gasteiger partial charge in [-0.05, 0) is 5.92 Å². The lowest BCUT2D eigenvalue weighted by atomic mass is 10.2. The zero-order valence-electron chi connectivity index (χ0n) is 9.53. The molecule has 2 N–H and O–H groups in total. The van der Waals surface area contributed by atoms with Crippen molar-refractivity contribution < 1.29 is 19.0 Å². The summed E-state index contributed by atoms with van der Waals surface area (Å²) in [4.78, 5) is 11.0. The van der Waals surface area contributed by atoms with Gasteiger partial charge in [0, 0.05) is 13.2 Å². The van der Waals surface area contributed by atoms with Gasteiger partial charge >= 0.3 is 5.97 Å². The quantitative estimate of drug-likeness (QED) is 0.442. The molecule has 0 radical (unpaired) electrons. The largest absolute Gasteiger partial charge is 0.462 e. The van der Waals surface area contributed by atoms with Crippen LogP contribution < -0.4 is 5.73 Å². The Morgan fingerprint density at radius 3 is 2.53 bits per heavy atom. The maximum absolute atomic E-state index is 11.0. The van der Waals surface area contributed by atoms with Crippen molar-refractivity contribution in [3.05, 3.63) is 0 Å². The van der Waals surface area contributed by atoms with E-state index in [9.17, 15) is 4.79 Å². The van der Waals surface area contributed by atoms with Gasteiger partial charge in [0.1, 0.15) is 13.2 Å². The highest BCUT2D eigenvalue weighted by atomic mass is 16.6. The van der Waals surface area contributed by atoms with Gasteiger partial charge in [0.15, 0.2) is 0 Å². The molecule has 15 heavy (non-hydrogen) atoms. The van der Waals surface area contributed by atoms with E-state index in [2.05, 4.69) is 13.8 Å². The number of carbonyl (C=O) groups is 1. The zero-order valence-corrected chi connectivity index (χ0v) is 9.53. The Kier molecular flexibility index (Phi) is 9.46. The second-order valence-electron chi connectivity index (χ2n) is 3.53. The Labute approximate surface area is 90.9 Å². The molecule has 0 amide bonds. The summed E-state index contributed by atoms with van der Waals surface area (Å²) in [7, 11) is 0. The minimum Gasteiger partial charge on any atom is -0.462 e. The molecule has 90 valence electrons. The number of carbonyl (C=O) groups excluding carboxylic acids is 1. The third-order valence-corrected chi connectivity index (χ3v) is 1.42. The summed E-state index contributed by atoms with van der Waals surface area (Å²) in [6.45, 7) is 6.25. The molecule has 0 aromatic carbocycles. The molecule has 0 heterocycles. The van der Waals surface area contributed by atoms with E-state index in [4.69, 9.17) is 19.9 Å². The van der Waals surface area contributed by atoms with Crippen LogP contribution in [0.5, 0.6) is 0 Å². The summed E-state index contributed by atoms with van der Waals surface area (Å²) in [6.07, 6.45) is 0. The third kappa shape index (κ3) is 11.3. The minimum absolute atomic E-state index is 0.0403. The Morgan fingerprint density at radius 2 is 1.93 bits per heavy atom. The monoisotopic (exact) mass is 219 g/mol. The average Bonchev–Trinajstić information content (AvgIpc) is 2.17. The Balaban J connectivity index is 3.17. The van der Waals surface area contributed by atoms with E-state index in [-0.39, 0.29) is 19.2 Å². The van der Waals surface area contributed by atoms with Gasteiger partial charge < -0.3 is 19.9 Å². The van der Waals surface area contributed by atoms with Crippen LogP contribution in [0.15, 0.2) is 0 Å². The summed E-state index contributed by atoms with van der Waals surface area (Å²) < 4.78 is 15.0. The molecule has 0 aliphatic rings. The van der Waals surface area contributed by atoms with Crippen LogP contribution in [0, 0.1) is 5.92 Å². The Morgan fingerprint density at radius 1 is 1.20 bits per heavy atom. The van der Waals surface area contributed by atoms with Crippen molar-refractivity contribution in [1.29, 1.82) is 0 Å². The van der Waals surface area contributed by atoms with E-state index in [0.717, 1.165) is 0 Å². The molecule has 0 rings (SSSR count). The smallest absolute Gasteiger partial charge is 0.332 e. The fourth-order valence-electron chi connectivity index (χ4n) is 0.814. The van der Waals surface area contributed by atoms with E-state index in [1.54, 1.807) is 0 Å². The first-order valence-electron chi connectivity index (χ1n) is 5.18. The zero-order chi connectivity index (χ0) is 11.5. The summed E-state index contributed by atoms with van der Waals surface area (Å²) >= 11 is 0. The molecule has 0 aromatic heterocycles. The first kappa shape index (κ1) is 14.3. The summed E-state index contributed by atoms with van der Waals surface area (Å²) in [6, 6.07) is 0. The second-order valence-corrected chi connectivity index (χ2v) is 3.53. The maximum atomic E-state index is 11.0. The maximum Gasteiger partial charge on any atom is 0.332 e. The summed E-state index contributed by atoms with van der Waals surface area (Å²) in [5.74, 6) is 0.116. The van der Waals surface area contributed by atoms with Crippen molar-refractivity contribution in [2.75, 3.05) is 39.6 Å². The minimum atomic E-state index is -0.378. The first-order valence-corrected chi connectivity index (χ1v) is 5.18. The topological polar surface area (TPSA) is 70.8 Å². The number of hydrogen-bond acceptors (Lipinski definition) is 5. The molecule has 5 nitrogen and oxygen atoms in total. The van der Waals surface area contributed by atoms with Crippen LogP contribution in [-0.2, 0) is 19.0 Å². The van der Waals surface area contributed by atoms with E-state index in [0.29, 0.717) is 32.3 Å². The van der Waals surface area contributed by atoms with Gasteiger partial charge in [-0.2, -0.15) is 0 Å². The van der Waals surface area contributed by atoms with Gasteiger partial charge in [-0.15, -0.1) is 0 Å². The van der Waals surface area contributed by atoms with Gasteiger partial charge in [-0.3, -0.25) is 0 Å². The average molecular weight is 219 g/mol. The van der Waals surface area contributed by atoms with E-state index >= 15 is 0 Å². The van der Waals surface area contributed by atoms with Crippen molar-refractivity contribution in [3.63, 3.8) is 0 Å². The number of ether oxygens (including phenoxy) is 3. The molecular weight excluding hydrogens is 198 g/mol. The molecule has 0 saturated carbocycles. The van der Waals surface area contributed by atoms with Crippen LogP contribution in [0.2, 0.25) is 0 Å². The van der Waals surface area contributed by atoms with Gasteiger partial charge in [0.05, 0.1) is 13.2 Å². The molecule has 0 saturated heterocycles. The molecule has 0 atom stereocenters. The van der Waals surface area contributed by atoms with Crippen LogP contribution in [0.1, 0.15) is 13.8 Å². The first-order chi connectivity index (χ1) is 7.16. The van der Waals surface area contributed by atoms with Crippen LogP contribution in [0.25, 0.3) is 0 Å². The number of esters is 1. The van der Waals surface area contributed by atoms with Gasteiger partial charge in [-0.1, -0.05) is 13.8 Å². The van der Waals surface area contributed by atoms with Crippen molar-refractivity contribution in [1.82, 2.24) is 0 Å². The molecule has 0 aliphatic carbocycles. The fourth-order valence-corrected chi connectivity index (χ4v) is 0.814. The van der Waals surface area contributed by atoms with Gasteiger partial charge in [0.25, 0.3) is 0 Å². The number of nitrogens with two attached hydrogens (primary N) is 1. The standard InChI is InChI=1S/C10H21NO4/c1-9(2)7-14-5-6-15-10(12)8-13-4-3-11/h9H,3-8,11H2,1-2H3. The highest BCUT2D eigenvalue weighted by molar-refractivity contribution is 5.70. The summed E-state index contributed by atoms with van der Waals surface area (Å²) in [5, 5.41) is 0. The molecule has 0 aromatic rings. The SMILES string of the molecule is CC(C)COCCOC(=O)COCCN. The van der Waals surface area contributed by atoms with Crippen molar-refractivity contribution >= 4 is 5.97 Å². The van der Waals surface area contributed by atoms with Gasteiger partial charge in [0.2, 0.25) is 0 Å². The number of hydrogen-bond donors (Lipinski definition) is 1. The normalized spacial score (nSPS) is 10.7. The molecule has 0 aliphatic heterocycles. The van der Waals surface area contributed by atoms with Crippen molar-refractivity contribution in [2.45, 2.75) is 13.8 Å².